The van der Waals surface area contributed by atoms with Crippen LogP contribution in [-0.4, -0.2) is 48.4 Å². The van der Waals surface area contributed by atoms with E-state index in [9.17, 15) is 18.0 Å². The van der Waals surface area contributed by atoms with Crippen molar-refractivity contribution in [1.82, 2.24) is 9.80 Å². The van der Waals surface area contributed by atoms with Crippen LogP contribution in [-0.2, 0) is 12.6 Å². The molecule has 8 heteroatoms. The standard InChI is InChI=1S/C20H19Cl2F3N2O/c21-16-11-15(12-17(22)13-16)19(28)27-9-7-26(8-10-27)6-5-14-3-1-2-4-18(14)20(23,24)25/h1-4,11-13H,5-10H2. The van der Waals surface area contributed by atoms with Gasteiger partial charge in [0.2, 0.25) is 0 Å². The molecular formula is C20H19Cl2F3N2O. The van der Waals surface area contributed by atoms with Crippen molar-refractivity contribution in [2.24, 2.45) is 0 Å². The molecule has 2 aromatic carbocycles. The summed E-state index contributed by atoms with van der Waals surface area (Å²) in [6.07, 6.45) is -4.03. The number of piperazine rings is 1. The number of alkyl halides is 3. The van der Waals surface area contributed by atoms with Gasteiger partial charge < -0.3 is 4.90 Å². The Morgan fingerprint density at radius 3 is 2.18 bits per heavy atom. The second-order valence-corrected chi connectivity index (χ2v) is 7.57. The van der Waals surface area contributed by atoms with Gasteiger partial charge in [0.25, 0.3) is 5.91 Å². The number of rotatable bonds is 4. The Bertz CT molecular complexity index is 829. The molecule has 1 aliphatic heterocycles. The highest BCUT2D eigenvalue weighted by Crippen LogP contribution is 2.32. The number of benzene rings is 2. The first kappa shape index (κ1) is 21.0. The van der Waals surface area contributed by atoms with Gasteiger partial charge in [-0.15, -0.1) is 0 Å². The van der Waals surface area contributed by atoms with E-state index in [2.05, 4.69) is 4.90 Å². The first-order chi connectivity index (χ1) is 13.2. The first-order valence-electron chi connectivity index (χ1n) is 8.87. The van der Waals surface area contributed by atoms with Gasteiger partial charge in [-0.3, -0.25) is 9.69 Å². The van der Waals surface area contributed by atoms with E-state index in [4.69, 9.17) is 23.2 Å². The van der Waals surface area contributed by atoms with Crippen LogP contribution in [0.15, 0.2) is 42.5 Å². The summed E-state index contributed by atoms with van der Waals surface area (Å²) in [5.74, 6) is -0.147. The lowest BCUT2D eigenvalue weighted by molar-refractivity contribution is -0.138. The lowest BCUT2D eigenvalue weighted by Crippen LogP contribution is -2.49. The van der Waals surface area contributed by atoms with Crippen molar-refractivity contribution in [3.8, 4) is 0 Å². The van der Waals surface area contributed by atoms with Crippen LogP contribution in [0.25, 0.3) is 0 Å². The van der Waals surface area contributed by atoms with E-state index >= 15 is 0 Å². The Morgan fingerprint density at radius 2 is 1.57 bits per heavy atom. The summed E-state index contributed by atoms with van der Waals surface area (Å²) in [6, 6.07) is 10.4. The van der Waals surface area contributed by atoms with Crippen molar-refractivity contribution in [2.45, 2.75) is 12.6 Å². The third kappa shape index (κ3) is 5.19. The SMILES string of the molecule is O=C(c1cc(Cl)cc(Cl)c1)N1CCN(CCc2ccccc2C(F)(F)F)CC1. The highest BCUT2D eigenvalue weighted by atomic mass is 35.5. The van der Waals surface area contributed by atoms with Gasteiger partial charge in [-0.1, -0.05) is 41.4 Å². The van der Waals surface area contributed by atoms with E-state index in [0.29, 0.717) is 60.3 Å². The van der Waals surface area contributed by atoms with Crippen LogP contribution < -0.4 is 0 Å². The molecule has 0 atom stereocenters. The molecule has 0 saturated carbocycles. The van der Waals surface area contributed by atoms with Crippen LogP contribution in [0.4, 0.5) is 13.2 Å². The van der Waals surface area contributed by atoms with E-state index in [1.54, 1.807) is 29.2 Å². The zero-order chi connectivity index (χ0) is 20.3. The van der Waals surface area contributed by atoms with E-state index in [1.165, 1.54) is 12.1 Å². The molecule has 1 amide bonds. The molecule has 0 N–H and O–H groups in total. The zero-order valence-electron chi connectivity index (χ0n) is 15.0. The fourth-order valence-electron chi connectivity index (χ4n) is 3.33. The minimum absolute atomic E-state index is 0.147. The number of carbonyl (C=O) groups excluding carboxylic acids is 1. The normalized spacial score (nSPS) is 15.7. The van der Waals surface area contributed by atoms with Gasteiger partial charge in [-0.2, -0.15) is 13.2 Å². The maximum atomic E-state index is 13.1. The van der Waals surface area contributed by atoms with Crippen LogP contribution in [0.3, 0.4) is 0 Å². The molecule has 28 heavy (non-hydrogen) atoms. The minimum Gasteiger partial charge on any atom is -0.336 e. The van der Waals surface area contributed by atoms with Gasteiger partial charge in [0.05, 0.1) is 5.56 Å². The topological polar surface area (TPSA) is 23.6 Å². The summed E-state index contributed by atoms with van der Waals surface area (Å²) in [6.45, 7) is 2.73. The largest absolute Gasteiger partial charge is 0.416 e. The summed E-state index contributed by atoms with van der Waals surface area (Å²) in [5, 5.41) is 0.802. The number of hydrogen-bond donors (Lipinski definition) is 0. The van der Waals surface area contributed by atoms with Gasteiger partial charge in [-0.05, 0) is 36.2 Å². The van der Waals surface area contributed by atoms with E-state index in [-0.39, 0.29) is 5.91 Å². The smallest absolute Gasteiger partial charge is 0.336 e. The number of halogens is 5. The molecule has 150 valence electrons. The van der Waals surface area contributed by atoms with Gasteiger partial charge in [0.15, 0.2) is 0 Å². The van der Waals surface area contributed by atoms with Crippen LogP contribution in [0.2, 0.25) is 10.0 Å². The lowest BCUT2D eigenvalue weighted by Gasteiger charge is -2.35. The molecule has 0 radical (unpaired) electrons. The number of nitrogens with zero attached hydrogens (tertiary/aromatic N) is 2. The van der Waals surface area contributed by atoms with Crippen molar-refractivity contribution in [1.29, 1.82) is 0 Å². The molecule has 0 aromatic heterocycles. The van der Waals surface area contributed by atoms with Crippen molar-refractivity contribution in [3.63, 3.8) is 0 Å². The lowest BCUT2D eigenvalue weighted by atomic mass is 10.0. The molecule has 1 saturated heterocycles. The Hall–Kier alpha value is -1.76. The number of hydrogen-bond acceptors (Lipinski definition) is 2. The summed E-state index contributed by atoms with van der Waals surface area (Å²) in [5.41, 5.74) is 0.147. The molecule has 1 heterocycles. The molecule has 1 fully saturated rings. The van der Waals surface area contributed by atoms with Gasteiger partial charge >= 0.3 is 6.18 Å². The van der Waals surface area contributed by atoms with E-state index in [1.807, 2.05) is 0 Å². The van der Waals surface area contributed by atoms with Crippen molar-refractivity contribution < 1.29 is 18.0 Å². The highest BCUT2D eigenvalue weighted by molar-refractivity contribution is 6.35. The van der Waals surface area contributed by atoms with Gasteiger partial charge in [0.1, 0.15) is 0 Å². The summed E-state index contributed by atoms with van der Waals surface area (Å²) in [4.78, 5) is 16.4. The molecule has 0 aliphatic carbocycles. The fraction of sp³-hybridized carbons (Fsp3) is 0.350. The average Bonchev–Trinajstić information content (AvgIpc) is 2.65. The predicted octanol–water partition coefficient (Wildman–Crippen LogP) is 5.01. The maximum Gasteiger partial charge on any atom is 0.416 e. The van der Waals surface area contributed by atoms with E-state index < -0.39 is 11.7 Å². The molecule has 0 unspecified atom stereocenters. The monoisotopic (exact) mass is 430 g/mol. The van der Waals surface area contributed by atoms with Crippen LogP contribution in [0.5, 0.6) is 0 Å². The quantitative estimate of drug-likeness (QED) is 0.680. The summed E-state index contributed by atoms with van der Waals surface area (Å²) in [7, 11) is 0. The van der Waals surface area contributed by atoms with Crippen LogP contribution in [0.1, 0.15) is 21.5 Å². The van der Waals surface area contributed by atoms with Crippen molar-refractivity contribution in [2.75, 3.05) is 32.7 Å². The Labute approximate surface area is 171 Å². The van der Waals surface area contributed by atoms with Gasteiger partial charge in [0, 0.05) is 48.3 Å². The maximum absolute atomic E-state index is 13.1. The van der Waals surface area contributed by atoms with Crippen LogP contribution in [0, 0.1) is 0 Å². The second-order valence-electron chi connectivity index (χ2n) is 6.70. The average molecular weight is 431 g/mol. The predicted molar refractivity (Wildman–Crippen MR) is 104 cm³/mol. The Morgan fingerprint density at radius 1 is 0.964 bits per heavy atom. The minimum atomic E-state index is -4.35. The molecule has 0 bridgehead atoms. The van der Waals surface area contributed by atoms with Crippen molar-refractivity contribution >= 4 is 29.1 Å². The molecule has 1 aliphatic rings. The summed E-state index contributed by atoms with van der Waals surface area (Å²) < 4.78 is 39.3. The number of carbonyl (C=O) groups is 1. The number of amides is 1. The van der Waals surface area contributed by atoms with E-state index in [0.717, 1.165) is 6.07 Å². The third-order valence-corrected chi connectivity index (χ3v) is 5.23. The highest BCUT2D eigenvalue weighted by Gasteiger charge is 2.33. The van der Waals surface area contributed by atoms with Crippen LogP contribution >= 0.6 is 23.2 Å². The summed E-state index contributed by atoms with van der Waals surface area (Å²) >= 11 is 11.9. The van der Waals surface area contributed by atoms with Crippen molar-refractivity contribution in [3.05, 3.63) is 69.2 Å². The molecule has 0 spiro atoms. The Balaban J connectivity index is 1.56. The molecular weight excluding hydrogens is 412 g/mol. The molecule has 3 rings (SSSR count). The Kier molecular flexibility index (Phi) is 6.53. The zero-order valence-corrected chi connectivity index (χ0v) is 16.5. The third-order valence-electron chi connectivity index (χ3n) is 4.79. The first-order valence-corrected chi connectivity index (χ1v) is 9.62. The second kappa shape index (κ2) is 8.72. The molecule has 2 aromatic rings. The fourth-order valence-corrected chi connectivity index (χ4v) is 3.85. The molecule has 3 nitrogen and oxygen atoms in total. The van der Waals surface area contributed by atoms with Gasteiger partial charge in [-0.25, -0.2) is 0 Å².